The van der Waals surface area contributed by atoms with Crippen molar-refractivity contribution in [3.8, 4) is 22.5 Å². The predicted molar refractivity (Wildman–Crippen MR) is 251 cm³/mol. The molecule has 2 saturated carbocycles. The minimum Gasteiger partial charge on any atom is -0.340 e. The summed E-state index contributed by atoms with van der Waals surface area (Å²) < 4.78 is 27.1. The van der Waals surface area contributed by atoms with Gasteiger partial charge in [0.15, 0.2) is 9.84 Å². The Kier molecular flexibility index (Phi) is 8.98. The Bertz CT molecular complexity index is 3580. The van der Waals surface area contributed by atoms with Crippen molar-refractivity contribution in [2.75, 3.05) is 16.9 Å². The van der Waals surface area contributed by atoms with E-state index in [0.29, 0.717) is 46.7 Å². The van der Waals surface area contributed by atoms with Crippen molar-refractivity contribution in [2.24, 2.45) is 0 Å². The lowest BCUT2D eigenvalue weighted by Crippen LogP contribution is -2.02. The third-order valence-electron chi connectivity index (χ3n) is 11.6. The molecule has 0 bridgehead atoms. The maximum Gasteiger partial charge on any atom is 0.177 e. The third-order valence-corrected chi connectivity index (χ3v) is 15.0. The lowest BCUT2D eigenvalue weighted by atomic mass is 9.98. The van der Waals surface area contributed by atoms with Gasteiger partial charge >= 0.3 is 0 Å². The average Bonchev–Trinajstić information content (AvgIpc) is 4.24. The first-order chi connectivity index (χ1) is 30.8. The first-order valence-electron chi connectivity index (χ1n) is 20.7. The summed E-state index contributed by atoms with van der Waals surface area (Å²) >= 11 is 3.52. The number of rotatable bonds is 11. The largest absolute Gasteiger partial charge is 0.340 e. The molecule has 8 heterocycles. The monoisotopic (exact) mass is 880 g/mol. The zero-order valence-corrected chi connectivity index (χ0v) is 36.2. The molecular formula is C48H36N10O2S3. The van der Waals surface area contributed by atoms with Crippen LogP contribution in [0.1, 0.15) is 58.7 Å². The molecule has 2 N–H and O–H groups in total. The van der Waals surface area contributed by atoms with Crippen LogP contribution in [0.25, 0.3) is 64.8 Å². The van der Waals surface area contributed by atoms with Gasteiger partial charge < -0.3 is 10.6 Å². The molecule has 0 atom stereocenters. The molecule has 2 aliphatic rings. The topological polar surface area (TPSA) is 161 Å². The Balaban J connectivity index is 0.930. The molecule has 2 fully saturated rings. The van der Waals surface area contributed by atoms with E-state index in [2.05, 4.69) is 62.0 Å². The molecule has 0 spiro atoms. The van der Waals surface area contributed by atoms with Gasteiger partial charge in [0, 0.05) is 95.0 Å². The summed E-state index contributed by atoms with van der Waals surface area (Å²) in [7, 11) is -3.48. The van der Waals surface area contributed by atoms with Crippen LogP contribution in [0.4, 0.5) is 23.0 Å². The van der Waals surface area contributed by atoms with Crippen molar-refractivity contribution in [2.45, 2.75) is 48.8 Å². The maximum absolute atomic E-state index is 12.4. The molecule has 15 heteroatoms. The van der Waals surface area contributed by atoms with E-state index >= 15 is 0 Å². The van der Waals surface area contributed by atoms with Gasteiger partial charge in [0.25, 0.3) is 0 Å². The van der Waals surface area contributed by atoms with Crippen LogP contribution in [0.3, 0.4) is 0 Å². The molecule has 8 aromatic heterocycles. The van der Waals surface area contributed by atoms with Crippen LogP contribution in [0.2, 0.25) is 0 Å². The number of hydrogen-bond donors (Lipinski definition) is 2. The van der Waals surface area contributed by atoms with Gasteiger partial charge in [0.05, 0.1) is 57.8 Å². The molecule has 10 aromatic rings. The Morgan fingerprint density at radius 2 is 1.30 bits per heavy atom. The predicted octanol–water partition coefficient (Wildman–Crippen LogP) is 11.2. The molecule has 12 rings (SSSR count). The van der Waals surface area contributed by atoms with Crippen molar-refractivity contribution < 1.29 is 8.42 Å². The fourth-order valence-corrected chi connectivity index (χ4v) is 11.0. The normalized spacial score (nSPS) is 14.2. The van der Waals surface area contributed by atoms with E-state index in [9.17, 15) is 8.42 Å². The molecule has 2 aromatic carbocycles. The van der Waals surface area contributed by atoms with Crippen LogP contribution < -0.4 is 10.6 Å². The molecule has 0 unspecified atom stereocenters. The Hall–Kier alpha value is -6.81. The molecule has 0 aliphatic heterocycles. The van der Waals surface area contributed by atoms with Crippen molar-refractivity contribution in [3.63, 3.8) is 0 Å². The molecule has 0 amide bonds. The molecular weight excluding hydrogens is 845 g/mol. The quantitative estimate of drug-likeness (QED) is 0.127. The average molecular weight is 881 g/mol. The fourth-order valence-electron chi connectivity index (χ4n) is 8.03. The van der Waals surface area contributed by atoms with Gasteiger partial charge in [0.2, 0.25) is 0 Å². The van der Waals surface area contributed by atoms with Gasteiger partial charge in [-0.05, 0) is 116 Å². The minimum absolute atomic E-state index is 0.123. The lowest BCUT2D eigenvalue weighted by molar-refractivity contribution is 0.601. The SMILES string of the molecule is CS(=O)(=O)c1cncc(-c2cc3ncccc3c(Nc3cc(Cc4ccncc4-c4cc5ncccc5c(Nc5ccc6nc(C7CC7)sc6c5)n4)c4nc(C5CC5)sc4c3)n2)c1. The van der Waals surface area contributed by atoms with Crippen molar-refractivity contribution in [1.82, 2.24) is 39.9 Å². The molecule has 12 nitrogen and oxygen atoms in total. The molecule has 0 radical (unpaired) electrons. The number of hydrogen-bond acceptors (Lipinski definition) is 14. The van der Waals surface area contributed by atoms with Crippen LogP contribution in [-0.4, -0.2) is 54.5 Å². The molecule has 0 saturated heterocycles. The second-order valence-electron chi connectivity index (χ2n) is 16.3. The highest BCUT2D eigenvalue weighted by Crippen LogP contribution is 2.46. The second-order valence-corrected chi connectivity index (χ2v) is 20.5. The van der Waals surface area contributed by atoms with E-state index in [0.717, 1.165) is 88.3 Å². The third kappa shape index (κ3) is 7.41. The van der Waals surface area contributed by atoms with Gasteiger partial charge in [-0.1, -0.05) is 0 Å². The summed E-state index contributed by atoms with van der Waals surface area (Å²) in [5.74, 6) is 2.41. The van der Waals surface area contributed by atoms with Crippen molar-refractivity contribution in [3.05, 3.63) is 137 Å². The summed E-state index contributed by atoms with van der Waals surface area (Å²) in [6, 6.07) is 26.0. The molecule has 2 aliphatic carbocycles. The van der Waals surface area contributed by atoms with Gasteiger partial charge in [-0.2, -0.15) is 0 Å². The van der Waals surface area contributed by atoms with E-state index in [4.69, 9.17) is 24.9 Å². The van der Waals surface area contributed by atoms with E-state index < -0.39 is 9.84 Å². The minimum atomic E-state index is -3.48. The number of aromatic nitrogens is 8. The maximum atomic E-state index is 12.4. The Morgan fingerprint density at radius 1 is 0.619 bits per heavy atom. The van der Waals surface area contributed by atoms with E-state index in [1.165, 1.54) is 30.3 Å². The second kappa shape index (κ2) is 14.9. The first-order valence-corrected chi connectivity index (χ1v) is 24.3. The van der Waals surface area contributed by atoms with Gasteiger partial charge in [0.1, 0.15) is 11.6 Å². The highest BCUT2D eigenvalue weighted by atomic mass is 32.2. The number of pyridine rings is 6. The zero-order valence-electron chi connectivity index (χ0n) is 33.8. The van der Waals surface area contributed by atoms with Gasteiger partial charge in [-0.25, -0.2) is 28.4 Å². The molecule has 63 heavy (non-hydrogen) atoms. The smallest absolute Gasteiger partial charge is 0.177 e. The summed E-state index contributed by atoms with van der Waals surface area (Å²) in [5, 5.41) is 11.4. The van der Waals surface area contributed by atoms with E-state index in [1.54, 1.807) is 41.1 Å². The number of fused-ring (bicyclic) bond motifs is 4. The van der Waals surface area contributed by atoms with E-state index in [1.807, 2.05) is 55.0 Å². The van der Waals surface area contributed by atoms with Crippen LogP contribution >= 0.6 is 22.7 Å². The van der Waals surface area contributed by atoms with Crippen molar-refractivity contribution >= 4 is 97.8 Å². The van der Waals surface area contributed by atoms with Crippen molar-refractivity contribution in [1.29, 1.82) is 0 Å². The number of thiazole rings is 2. The van der Waals surface area contributed by atoms with E-state index in [-0.39, 0.29) is 4.90 Å². The lowest BCUT2D eigenvalue weighted by Gasteiger charge is -2.15. The molecule has 308 valence electrons. The summed E-state index contributed by atoms with van der Waals surface area (Å²) in [5.41, 5.74) is 10.2. The van der Waals surface area contributed by atoms with Crippen LogP contribution in [0.5, 0.6) is 0 Å². The van der Waals surface area contributed by atoms with Crippen LogP contribution in [0.15, 0.2) is 121 Å². The highest BCUT2D eigenvalue weighted by molar-refractivity contribution is 7.90. The standard InChI is InChI=1S/C48H36N10O2S3/c1-63(59,60)33-18-30(23-50-24-33)38-21-39-34(4-2-13-51-39)46(55-38)54-32-17-29(44-43(20-32)62-48(58-44)27-8-9-27)16-28-12-15-49-25-36(28)41-22-40-35(5-3-14-52-40)45(56-41)53-31-10-11-37-42(19-31)61-47(57-37)26-6-7-26/h2-5,10-15,17-27H,6-9,16H2,1H3,(H,53,56)(H,54,55). The van der Waals surface area contributed by atoms with Gasteiger partial charge in [-0.3, -0.25) is 19.9 Å². The fraction of sp³-hybridized carbons (Fsp3) is 0.167. The summed E-state index contributed by atoms with van der Waals surface area (Å²) in [6.07, 6.45) is 16.7. The summed E-state index contributed by atoms with van der Waals surface area (Å²) in [6.45, 7) is 0. The number of sulfone groups is 1. The number of benzene rings is 2. The highest BCUT2D eigenvalue weighted by Gasteiger charge is 2.29. The van der Waals surface area contributed by atoms with Crippen LogP contribution in [-0.2, 0) is 16.3 Å². The Morgan fingerprint density at radius 3 is 2.05 bits per heavy atom. The zero-order chi connectivity index (χ0) is 42.2. The first kappa shape index (κ1) is 37.9. The number of anilines is 4. The Labute approximate surface area is 369 Å². The number of nitrogens with zero attached hydrogens (tertiary/aromatic N) is 8. The number of nitrogens with one attached hydrogen (secondary N) is 2. The van der Waals surface area contributed by atoms with Crippen LogP contribution in [0, 0.1) is 0 Å². The summed E-state index contributed by atoms with van der Waals surface area (Å²) in [4.78, 5) is 38.8. The van der Waals surface area contributed by atoms with Gasteiger partial charge in [-0.15, -0.1) is 22.7 Å².